The fourth-order valence-corrected chi connectivity index (χ4v) is 2.66. The van der Waals surface area contributed by atoms with Crippen LogP contribution in [0.2, 0.25) is 0 Å². The Labute approximate surface area is 171 Å². The Morgan fingerprint density at radius 2 is 1.55 bits per heavy atom. The molecule has 2 aromatic rings. The average Bonchev–Trinajstić information content (AvgIpc) is 2.70. The molecular formula is C21H30N4O4. The maximum absolute atomic E-state index is 11.7. The number of nitrogen functional groups attached to an aromatic ring is 2. The summed E-state index contributed by atoms with van der Waals surface area (Å²) in [5, 5.41) is 6.59. The van der Waals surface area contributed by atoms with Crippen LogP contribution in [0.25, 0.3) is 0 Å². The Kier molecular flexibility index (Phi) is 9.07. The van der Waals surface area contributed by atoms with Crippen molar-refractivity contribution in [2.45, 2.75) is 26.9 Å². The van der Waals surface area contributed by atoms with Gasteiger partial charge in [0.1, 0.15) is 6.61 Å². The molecule has 0 aromatic heterocycles. The van der Waals surface area contributed by atoms with Crippen molar-refractivity contribution >= 4 is 28.7 Å². The van der Waals surface area contributed by atoms with E-state index in [4.69, 9.17) is 26.0 Å². The van der Waals surface area contributed by atoms with Crippen LogP contribution in [0.5, 0.6) is 0 Å². The molecule has 29 heavy (non-hydrogen) atoms. The third-order valence-electron chi connectivity index (χ3n) is 4.09. The third kappa shape index (κ3) is 7.17. The molecule has 0 amide bonds. The van der Waals surface area contributed by atoms with Gasteiger partial charge in [-0.2, -0.15) is 0 Å². The van der Waals surface area contributed by atoms with Crippen LogP contribution in [0, 0.1) is 0 Å². The highest BCUT2D eigenvalue weighted by Gasteiger charge is 2.08. The minimum atomic E-state index is -0.372. The van der Waals surface area contributed by atoms with Crippen LogP contribution in [0.4, 0.5) is 22.7 Å². The van der Waals surface area contributed by atoms with Crippen LogP contribution < -0.4 is 22.1 Å². The second kappa shape index (κ2) is 11.8. The first kappa shape index (κ1) is 22.3. The summed E-state index contributed by atoms with van der Waals surface area (Å²) < 4.78 is 4.97. The molecule has 0 atom stereocenters. The summed E-state index contributed by atoms with van der Waals surface area (Å²) >= 11 is 0. The predicted molar refractivity (Wildman–Crippen MR) is 116 cm³/mol. The van der Waals surface area contributed by atoms with Crippen molar-refractivity contribution in [1.29, 1.82) is 0 Å². The summed E-state index contributed by atoms with van der Waals surface area (Å²) in [5.74, 6) is -0.372. The molecule has 0 heterocycles. The van der Waals surface area contributed by atoms with Crippen molar-refractivity contribution in [3.05, 3.63) is 47.5 Å². The van der Waals surface area contributed by atoms with E-state index in [0.29, 0.717) is 36.8 Å². The van der Waals surface area contributed by atoms with Crippen molar-refractivity contribution in [3.8, 4) is 0 Å². The van der Waals surface area contributed by atoms with E-state index in [9.17, 15) is 4.79 Å². The van der Waals surface area contributed by atoms with Gasteiger partial charge in [-0.3, -0.25) is 0 Å². The number of nitrogens with two attached hydrogens (primary N) is 2. The third-order valence-corrected chi connectivity index (χ3v) is 4.09. The Morgan fingerprint density at radius 3 is 2.14 bits per heavy atom. The van der Waals surface area contributed by atoms with E-state index in [2.05, 4.69) is 10.6 Å². The normalized spacial score (nSPS) is 10.6. The second-order valence-electron chi connectivity index (χ2n) is 6.32. The van der Waals surface area contributed by atoms with Gasteiger partial charge in [-0.15, -0.1) is 0 Å². The Balaban J connectivity index is 1.75. The van der Waals surface area contributed by atoms with E-state index >= 15 is 0 Å². The molecule has 0 saturated heterocycles. The van der Waals surface area contributed by atoms with E-state index in [1.807, 2.05) is 25.1 Å². The summed E-state index contributed by atoms with van der Waals surface area (Å²) in [6, 6.07) is 10.9. The first-order valence-corrected chi connectivity index (χ1v) is 9.72. The van der Waals surface area contributed by atoms with E-state index in [0.717, 1.165) is 36.4 Å². The zero-order chi connectivity index (χ0) is 21.1. The number of hydrogen-bond acceptors (Lipinski definition) is 8. The summed E-state index contributed by atoms with van der Waals surface area (Å²) in [6.07, 6.45) is 0.855. The van der Waals surface area contributed by atoms with Gasteiger partial charge in [0.25, 0.3) is 0 Å². The SMILES string of the molecule is CCOOCc1ccc(NCCCNc2ccc(C(=O)OCC)cc2N)c(N)c1. The summed E-state index contributed by atoms with van der Waals surface area (Å²) in [5.41, 5.74) is 16.3. The lowest BCUT2D eigenvalue weighted by atomic mass is 10.1. The standard InChI is InChI=1S/C21H30N4O4/c1-3-27-21(26)16-7-9-20(18(23)13-16)25-11-5-10-24-19-8-6-15(12-17(19)22)14-29-28-4-2/h6-9,12-13,24-25H,3-5,10-11,14,22-23H2,1-2H3. The summed E-state index contributed by atoms with van der Waals surface area (Å²) in [4.78, 5) is 21.6. The minimum absolute atomic E-state index is 0.333. The molecule has 0 fully saturated rings. The minimum Gasteiger partial charge on any atom is -0.462 e. The van der Waals surface area contributed by atoms with Crippen LogP contribution in [0.15, 0.2) is 36.4 Å². The van der Waals surface area contributed by atoms with Gasteiger partial charge in [-0.25, -0.2) is 14.6 Å². The Hall–Kier alpha value is -2.97. The van der Waals surface area contributed by atoms with Gasteiger partial charge in [0.2, 0.25) is 0 Å². The van der Waals surface area contributed by atoms with Gasteiger partial charge in [0.15, 0.2) is 0 Å². The predicted octanol–water partition coefficient (Wildman–Crippen LogP) is 3.41. The number of anilines is 4. The lowest BCUT2D eigenvalue weighted by Gasteiger charge is -2.13. The number of carbonyl (C=O) groups is 1. The van der Waals surface area contributed by atoms with E-state index in [1.165, 1.54) is 0 Å². The molecule has 0 saturated carbocycles. The number of benzene rings is 2. The van der Waals surface area contributed by atoms with Crippen LogP contribution in [-0.4, -0.2) is 32.3 Å². The molecular weight excluding hydrogens is 372 g/mol. The van der Waals surface area contributed by atoms with Crippen LogP contribution in [-0.2, 0) is 21.1 Å². The van der Waals surface area contributed by atoms with Crippen molar-refractivity contribution in [1.82, 2.24) is 0 Å². The van der Waals surface area contributed by atoms with Gasteiger partial charge in [0.05, 0.1) is 41.5 Å². The molecule has 8 heteroatoms. The maximum Gasteiger partial charge on any atom is 0.338 e. The Bertz CT molecular complexity index is 798. The number of rotatable bonds is 12. The smallest absolute Gasteiger partial charge is 0.338 e. The van der Waals surface area contributed by atoms with E-state index in [-0.39, 0.29) is 5.97 Å². The number of ether oxygens (including phenoxy) is 1. The monoisotopic (exact) mass is 402 g/mol. The van der Waals surface area contributed by atoms with Crippen molar-refractivity contribution in [2.24, 2.45) is 0 Å². The molecule has 0 spiro atoms. The molecule has 8 nitrogen and oxygen atoms in total. The quantitative estimate of drug-likeness (QED) is 0.140. The number of carbonyl (C=O) groups excluding carboxylic acids is 1. The molecule has 6 N–H and O–H groups in total. The van der Waals surface area contributed by atoms with Crippen molar-refractivity contribution in [2.75, 3.05) is 48.4 Å². The first-order chi connectivity index (χ1) is 14.0. The summed E-state index contributed by atoms with van der Waals surface area (Å²) in [7, 11) is 0. The lowest BCUT2D eigenvalue weighted by Crippen LogP contribution is -2.12. The van der Waals surface area contributed by atoms with Gasteiger partial charge in [-0.05, 0) is 56.2 Å². The molecule has 158 valence electrons. The van der Waals surface area contributed by atoms with Gasteiger partial charge < -0.3 is 26.8 Å². The molecule has 0 bridgehead atoms. The lowest BCUT2D eigenvalue weighted by molar-refractivity contribution is -0.300. The van der Waals surface area contributed by atoms with Crippen molar-refractivity contribution in [3.63, 3.8) is 0 Å². The average molecular weight is 402 g/mol. The fourth-order valence-electron chi connectivity index (χ4n) is 2.66. The maximum atomic E-state index is 11.7. The molecule has 0 unspecified atom stereocenters. The molecule has 0 aliphatic rings. The molecule has 0 radical (unpaired) electrons. The van der Waals surface area contributed by atoms with Crippen molar-refractivity contribution < 1.29 is 19.3 Å². The highest BCUT2D eigenvalue weighted by Crippen LogP contribution is 2.22. The zero-order valence-corrected chi connectivity index (χ0v) is 17.0. The van der Waals surface area contributed by atoms with Crippen LogP contribution in [0.3, 0.4) is 0 Å². The highest BCUT2D eigenvalue weighted by molar-refractivity contribution is 5.91. The number of hydrogen-bond donors (Lipinski definition) is 4. The molecule has 2 aromatic carbocycles. The number of nitrogens with one attached hydrogen (secondary N) is 2. The summed E-state index contributed by atoms with van der Waals surface area (Å²) in [6.45, 7) is 6.29. The van der Waals surface area contributed by atoms with Gasteiger partial charge in [0, 0.05) is 13.1 Å². The van der Waals surface area contributed by atoms with Gasteiger partial charge >= 0.3 is 5.97 Å². The molecule has 2 rings (SSSR count). The first-order valence-electron chi connectivity index (χ1n) is 9.72. The molecule has 0 aliphatic heterocycles. The van der Waals surface area contributed by atoms with E-state index < -0.39 is 0 Å². The van der Waals surface area contributed by atoms with Gasteiger partial charge in [-0.1, -0.05) is 6.07 Å². The van der Waals surface area contributed by atoms with Crippen LogP contribution in [0.1, 0.15) is 36.2 Å². The second-order valence-corrected chi connectivity index (χ2v) is 6.32. The highest BCUT2D eigenvalue weighted by atomic mass is 17.2. The Morgan fingerprint density at radius 1 is 0.897 bits per heavy atom. The zero-order valence-electron chi connectivity index (χ0n) is 17.0. The van der Waals surface area contributed by atoms with Crippen LogP contribution >= 0.6 is 0 Å². The van der Waals surface area contributed by atoms with E-state index in [1.54, 1.807) is 25.1 Å². The number of esters is 1. The molecule has 0 aliphatic carbocycles. The topological polar surface area (TPSA) is 121 Å². The fraction of sp³-hybridized carbons (Fsp3) is 0.381. The largest absolute Gasteiger partial charge is 0.462 e.